The van der Waals surface area contributed by atoms with E-state index in [0.717, 1.165) is 37.1 Å². The average molecular weight is 459 g/mol. The highest BCUT2D eigenvalue weighted by atomic mass is 35.5. The molecule has 2 heterocycles. The molecule has 2 atom stereocenters. The van der Waals surface area contributed by atoms with Crippen molar-refractivity contribution in [3.05, 3.63) is 41.2 Å². The number of carbonyl (C=O) groups is 1. The van der Waals surface area contributed by atoms with Crippen LogP contribution in [-0.4, -0.2) is 34.7 Å². The van der Waals surface area contributed by atoms with Crippen LogP contribution in [0.25, 0.3) is 0 Å². The number of amides is 1. The largest absolute Gasteiger partial charge is 0.416 e. The molecule has 3 rings (SSSR count). The molecule has 1 fully saturated rings. The number of piperidine rings is 1. The van der Waals surface area contributed by atoms with Crippen LogP contribution in [0, 0.1) is 11.8 Å². The second-order valence-corrected chi connectivity index (χ2v) is 9.00. The Hall–Kier alpha value is -2.00. The summed E-state index contributed by atoms with van der Waals surface area (Å²) in [5.41, 5.74) is -0.947. The first kappa shape index (κ1) is 22.7. The third-order valence-electron chi connectivity index (χ3n) is 4.74. The van der Waals surface area contributed by atoms with Crippen molar-refractivity contribution >= 4 is 40.8 Å². The summed E-state index contributed by atoms with van der Waals surface area (Å²) < 4.78 is 38.6. The van der Waals surface area contributed by atoms with Crippen LogP contribution < -0.4 is 10.2 Å². The topological polar surface area (TPSA) is 58.1 Å². The minimum absolute atomic E-state index is 0.0180. The van der Waals surface area contributed by atoms with Gasteiger partial charge in [0, 0.05) is 19.2 Å². The second-order valence-electron chi connectivity index (χ2n) is 7.59. The predicted molar refractivity (Wildman–Crippen MR) is 113 cm³/mol. The maximum atomic E-state index is 12.9. The predicted octanol–water partition coefficient (Wildman–Crippen LogP) is 5.36. The molecular formula is C20H22ClF3N4OS. The molecule has 0 aliphatic carbocycles. The molecule has 2 aromatic rings. The lowest BCUT2D eigenvalue weighted by Crippen LogP contribution is -2.39. The number of nitrogens with one attached hydrogen (secondary N) is 1. The summed E-state index contributed by atoms with van der Waals surface area (Å²) in [7, 11) is 0. The Kier molecular flexibility index (Phi) is 7.13. The summed E-state index contributed by atoms with van der Waals surface area (Å²) in [6, 6.07) is 4.65. The summed E-state index contributed by atoms with van der Waals surface area (Å²) in [5, 5.41) is 3.10. The zero-order valence-corrected chi connectivity index (χ0v) is 18.1. The summed E-state index contributed by atoms with van der Waals surface area (Å²) in [6.45, 7) is 6.26. The lowest BCUT2D eigenvalue weighted by Gasteiger charge is -2.35. The van der Waals surface area contributed by atoms with Crippen LogP contribution in [0.1, 0.15) is 25.8 Å². The molecule has 1 N–H and O–H groups in total. The molecule has 30 heavy (non-hydrogen) atoms. The Morgan fingerprint density at radius 3 is 2.60 bits per heavy atom. The molecule has 1 aromatic carbocycles. The monoisotopic (exact) mass is 458 g/mol. The molecule has 1 aromatic heterocycles. The third-order valence-corrected chi connectivity index (χ3v) is 5.99. The van der Waals surface area contributed by atoms with Gasteiger partial charge >= 0.3 is 6.18 Å². The number of aromatic nitrogens is 2. The van der Waals surface area contributed by atoms with E-state index in [1.807, 2.05) is 6.07 Å². The highest BCUT2D eigenvalue weighted by molar-refractivity contribution is 7.99. The molecule has 1 aliphatic rings. The van der Waals surface area contributed by atoms with E-state index < -0.39 is 17.6 Å². The smallest absolute Gasteiger partial charge is 0.356 e. The maximum absolute atomic E-state index is 12.9. The maximum Gasteiger partial charge on any atom is 0.416 e. The van der Waals surface area contributed by atoms with Crippen molar-refractivity contribution in [1.82, 2.24) is 9.97 Å². The summed E-state index contributed by atoms with van der Waals surface area (Å²) in [5.74, 6) is 1.47. The Morgan fingerprint density at radius 1 is 1.23 bits per heavy atom. The lowest BCUT2D eigenvalue weighted by molar-refractivity contribution is -0.137. The summed E-state index contributed by atoms with van der Waals surface area (Å²) >= 11 is 7.11. The van der Waals surface area contributed by atoms with Gasteiger partial charge in [-0.2, -0.15) is 13.2 Å². The molecule has 1 saturated heterocycles. The van der Waals surface area contributed by atoms with Crippen molar-refractivity contribution in [2.75, 3.05) is 29.1 Å². The van der Waals surface area contributed by atoms with Crippen molar-refractivity contribution in [2.45, 2.75) is 31.5 Å². The third kappa shape index (κ3) is 6.01. The van der Waals surface area contributed by atoms with Gasteiger partial charge in [0.1, 0.15) is 17.2 Å². The quantitative estimate of drug-likeness (QED) is 0.482. The first-order valence-corrected chi connectivity index (χ1v) is 10.8. The van der Waals surface area contributed by atoms with Crippen molar-refractivity contribution in [2.24, 2.45) is 11.8 Å². The van der Waals surface area contributed by atoms with E-state index in [1.165, 1.54) is 24.5 Å². The van der Waals surface area contributed by atoms with E-state index in [0.29, 0.717) is 16.9 Å². The van der Waals surface area contributed by atoms with Crippen LogP contribution in [0.15, 0.2) is 35.6 Å². The Bertz CT molecular complexity index is 902. The lowest BCUT2D eigenvalue weighted by atomic mass is 9.92. The Morgan fingerprint density at radius 2 is 1.93 bits per heavy atom. The minimum Gasteiger partial charge on any atom is -0.356 e. The zero-order chi connectivity index (χ0) is 21.9. The summed E-state index contributed by atoms with van der Waals surface area (Å²) in [6.07, 6.45) is -1.87. The average Bonchev–Trinajstić information content (AvgIpc) is 2.67. The van der Waals surface area contributed by atoms with E-state index in [1.54, 1.807) is 0 Å². The van der Waals surface area contributed by atoms with E-state index in [9.17, 15) is 18.0 Å². The van der Waals surface area contributed by atoms with E-state index in [-0.39, 0.29) is 16.5 Å². The molecule has 2 unspecified atom stereocenters. The fourth-order valence-electron chi connectivity index (χ4n) is 3.55. The van der Waals surface area contributed by atoms with Gasteiger partial charge in [0.25, 0.3) is 0 Å². The molecule has 162 valence electrons. The molecule has 0 bridgehead atoms. The first-order valence-electron chi connectivity index (χ1n) is 9.48. The number of hydrogen-bond acceptors (Lipinski definition) is 5. The molecular weight excluding hydrogens is 437 g/mol. The highest BCUT2D eigenvalue weighted by Gasteiger charge is 2.31. The molecule has 10 heteroatoms. The van der Waals surface area contributed by atoms with Crippen LogP contribution in [0.4, 0.5) is 24.7 Å². The number of halogens is 4. The van der Waals surface area contributed by atoms with Crippen LogP contribution in [0.5, 0.6) is 0 Å². The van der Waals surface area contributed by atoms with E-state index >= 15 is 0 Å². The van der Waals surface area contributed by atoms with Gasteiger partial charge < -0.3 is 10.2 Å². The van der Waals surface area contributed by atoms with Crippen molar-refractivity contribution in [3.63, 3.8) is 0 Å². The molecule has 0 spiro atoms. The number of thioether (sulfide) groups is 1. The second kappa shape index (κ2) is 9.43. The number of anilines is 2. The Balaban J connectivity index is 1.62. The van der Waals surface area contributed by atoms with Gasteiger partial charge in [-0.1, -0.05) is 37.2 Å². The molecule has 0 saturated carbocycles. The number of rotatable bonds is 5. The Labute approximate surface area is 182 Å². The first-order chi connectivity index (χ1) is 14.1. The van der Waals surface area contributed by atoms with Gasteiger partial charge in [-0.3, -0.25) is 4.79 Å². The van der Waals surface area contributed by atoms with Gasteiger partial charge in [-0.05, 0) is 36.5 Å². The summed E-state index contributed by atoms with van der Waals surface area (Å²) in [4.78, 5) is 23.0. The van der Waals surface area contributed by atoms with Crippen molar-refractivity contribution in [1.29, 1.82) is 0 Å². The molecule has 0 radical (unpaired) electrons. The van der Waals surface area contributed by atoms with Gasteiger partial charge in [-0.15, -0.1) is 0 Å². The van der Waals surface area contributed by atoms with Gasteiger partial charge in [0.2, 0.25) is 5.91 Å². The minimum atomic E-state index is -4.51. The fourth-order valence-corrected chi connectivity index (χ4v) is 4.38. The standard InChI is InChI=1S/C20H22ClF3N4OS/c1-12-5-13(2)9-28(8-12)17-7-19(26-11-25-17)30-10-18(29)27-16-6-14(20(22,23)24)3-4-15(16)21/h3-4,6-7,11-13H,5,8-10H2,1-2H3,(H,27,29). The normalized spacial score (nSPS) is 19.6. The number of alkyl halides is 3. The van der Waals surface area contributed by atoms with Crippen LogP contribution in [0.2, 0.25) is 5.02 Å². The van der Waals surface area contributed by atoms with Gasteiger partial charge in [0.05, 0.1) is 22.0 Å². The van der Waals surface area contributed by atoms with Gasteiger partial charge in [0.15, 0.2) is 0 Å². The SMILES string of the molecule is CC1CC(C)CN(c2cc(SCC(=O)Nc3cc(C(F)(F)F)ccc3Cl)ncn2)C1. The van der Waals surface area contributed by atoms with Crippen molar-refractivity contribution < 1.29 is 18.0 Å². The van der Waals surface area contributed by atoms with E-state index in [2.05, 4.69) is 34.0 Å². The van der Waals surface area contributed by atoms with Crippen LogP contribution >= 0.6 is 23.4 Å². The van der Waals surface area contributed by atoms with Crippen molar-refractivity contribution in [3.8, 4) is 0 Å². The molecule has 1 aliphatic heterocycles. The number of nitrogens with zero attached hydrogens (tertiary/aromatic N) is 3. The number of carbonyl (C=O) groups excluding carboxylic acids is 1. The number of benzene rings is 1. The zero-order valence-electron chi connectivity index (χ0n) is 16.5. The van der Waals surface area contributed by atoms with E-state index in [4.69, 9.17) is 11.6 Å². The fraction of sp³-hybridized carbons (Fsp3) is 0.450. The number of hydrogen-bond donors (Lipinski definition) is 1. The van der Waals surface area contributed by atoms with Crippen LogP contribution in [-0.2, 0) is 11.0 Å². The highest BCUT2D eigenvalue weighted by Crippen LogP contribution is 2.34. The molecule has 1 amide bonds. The molecule has 5 nitrogen and oxygen atoms in total. The van der Waals surface area contributed by atoms with Gasteiger partial charge in [-0.25, -0.2) is 9.97 Å². The van der Waals surface area contributed by atoms with Crippen LogP contribution in [0.3, 0.4) is 0 Å².